The molecule has 0 bridgehead atoms. The van der Waals surface area contributed by atoms with Crippen molar-refractivity contribution in [1.29, 1.82) is 0 Å². The van der Waals surface area contributed by atoms with Crippen molar-refractivity contribution in [1.82, 2.24) is 20.0 Å². The van der Waals surface area contributed by atoms with E-state index in [1.165, 1.54) is 0 Å². The number of anilines is 1. The Morgan fingerprint density at radius 1 is 1.30 bits per heavy atom. The van der Waals surface area contributed by atoms with Crippen molar-refractivity contribution in [3.63, 3.8) is 0 Å². The first kappa shape index (κ1) is 18.8. The molecule has 2 N–H and O–H groups in total. The summed E-state index contributed by atoms with van der Waals surface area (Å²) in [6.45, 7) is 2.65. The number of rotatable bonds is 5. The highest BCUT2D eigenvalue weighted by atomic mass is 16.5. The zero-order chi connectivity index (χ0) is 19.4. The third-order valence-corrected chi connectivity index (χ3v) is 4.68. The first-order chi connectivity index (χ1) is 13.0. The number of amides is 3. The number of hydrogen-bond donors (Lipinski definition) is 2. The molecule has 1 aromatic heterocycles. The van der Waals surface area contributed by atoms with Crippen LogP contribution in [0.4, 0.5) is 10.5 Å². The molecule has 2 aromatic rings. The summed E-state index contributed by atoms with van der Waals surface area (Å²) in [6.07, 6.45) is 3.90. The number of likely N-dealkylation sites (N-methyl/N-ethyl adjacent to an activating group) is 1. The summed E-state index contributed by atoms with van der Waals surface area (Å²) in [7, 11) is 3.45. The number of likely N-dealkylation sites (tertiary alicyclic amines) is 1. The minimum Gasteiger partial charge on any atom is -0.484 e. The number of carbonyl (C=O) groups is 2. The van der Waals surface area contributed by atoms with Crippen LogP contribution < -0.4 is 15.4 Å². The van der Waals surface area contributed by atoms with Gasteiger partial charge in [-0.15, -0.1) is 0 Å². The number of benzene rings is 1. The van der Waals surface area contributed by atoms with Crippen LogP contribution in [0, 0.1) is 6.92 Å². The molecular formula is C19H25N5O3. The van der Waals surface area contributed by atoms with Gasteiger partial charge in [-0.3, -0.25) is 9.48 Å². The highest BCUT2D eigenvalue weighted by Gasteiger charge is 2.32. The van der Waals surface area contributed by atoms with Gasteiger partial charge in [-0.25, -0.2) is 4.79 Å². The molecular weight excluding hydrogens is 346 g/mol. The van der Waals surface area contributed by atoms with Gasteiger partial charge in [0.25, 0.3) is 5.91 Å². The second-order valence-electron chi connectivity index (χ2n) is 6.61. The molecule has 0 saturated carbocycles. The van der Waals surface area contributed by atoms with Gasteiger partial charge in [-0.1, -0.05) is 0 Å². The Labute approximate surface area is 158 Å². The lowest BCUT2D eigenvalue weighted by Gasteiger charge is -2.25. The van der Waals surface area contributed by atoms with Crippen LogP contribution in [-0.2, 0) is 11.8 Å². The molecule has 3 rings (SSSR count). The summed E-state index contributed by atoms with van der Waals surface area (Å²) in [5, 5.41) is 9.83. The van der Waals surface area contributed by atoms with Crippen LogP contribution in [0.25, 0.3) is 0 Å². The van der Waals surface area contributed by atoms with Crippen molar-refractivity contribution >= 4 is 17.6 Å². The molecule has 144 valence electrons. The Kier molecular flexibility index (Phi) is 5.63. The maximum absolute atomic E-state index is 12.8. The van der Waals surface area contributed by atoms with Crippen molar-refractivity contribution in [2.45, 2.75) is 25.8 Å². The summed E-state index contributed by atoms with van der Waals surface area (Å²) < 4.78 is 7.15. The van der Waals surface area contributed by atoms with Crippen LogP contribution in [-0.4, -0.2) is 46.8 Å². The second kappa shape index (κ2) is 8.11. The van der Waals surface area contributed by atoms with Crippen molar-refractivity contribution in [3.8, 4) is 5.75 Å². The fourth-order valence-electron chi connectivity index (χ4n) is 3.33. The Bertz CT molecular complexity index is 815. The molecule has 1 saturated heterocycles. The predicted octanol–water partition coefficient (Wildman–Crippen LogP) is 2.22. The highest BCUT2D eigenvalue weighted by molar-refractivity contribution is 5.90. The molecule has 0 spiro atoms. The van der Waals surface area contributed by atoms with E-state index in [0.29, 0.717) is 11.4 Å². The van der Waals surface area contributed by atoms with Crippen LogP contribution in [0.3, 0.4) is 0 Å². The lowest BCUT2D eigenvalue weighted by Crippen LogP contribution is -2.34. The molecule has 27 heavy (non-hydrogen) atoms. The molecule has 8 heteroatoms. The van der Waals surface area contributed by atoms with Crippen molar-refractivity contribution < 1.29 is 14.3 Å². The Balaban J connectivity index is 1.62. The maximum Gasteiger partial charge on any atom is 0.322 e. The number of aryl methyl sites for hydroxylation is 2. The van der Waals surface area contributed by atoms with Crippen molar-refractivity contribution in [2.24, 2.45) is 7.05 Å². The van der Waals surface area contributed by atoms with E-state index in [-0.39, 0.29) is 24.6 Å². The Morgan fingerprint density at radius 2 is 2.04 bits per heavy atom. The van der Waals surface area contributed by atoms with Gasteiger partial charge in [0.15, 0.2) is 6.61 Å². The lowest BCUT2D eigenvalue weighted by molar-refractivity contribution is -0.122. The van der Waals surface area contributed by atoms with Gasteiger partial charge in [0.1, 0.15) is 5.75 Å². The fourth-order valence-corrected chi connectivity index (χ4v) is 3.33. The molecule has 1 aromatic carbocycles. The van der Waals surface area contributed by atoms with E-state index >= 15 is 0 Å². The van der Waals surface area contributed by atoms with Crippen LogP contribution in [0.1, 0.15) is 30.1 Å². The standard InChI is InChI=1S/C19H25N5O3/c1-13-16(11-23(3)22-13)17-5-4-10-24(17)19(26)21-14-6-8-15(9-7-14)27-12-18(25)20-2/h6-9,11,17H,4-5,10,12H2,1-3H3,(H,20,25)(H,21,26). The first-order valence-corrected chi connectivity index (χ1v) is 8.99. The van der Waals surface area contributed by atoms with Crippen LogP contribution in [0.15, 0.2) is 30.5 Å². The van der Waals surface area contributed by atoms with E-state index in [9.17, 15) is 9.59 Å². The van der Waals surface area contributed by atoms with E-state index in [2.05, 4.69) is 15.7 Å². The molecule has 1 atom stereocenters. The topological polar surface area (TPSA) is 88.5 Å². The summed E-state index contributed by atoms with van der Waals surface area (Å²) in [5.74, 6) is 0.375. The number of aromatic nitrogens is 2. The SMILES string of the molecule is CNC(=O)COc1ccc(NC(=O)N2CCCC2c2cn(C)nc2C)cc1. The molecule has 3 amide bonds. The zero-order valence-corrected chi connectivity index (χ0v) is 15.9. The van der Waals surface area contributed by atoms with Crippen LogP contribution in [0.5, 0.6) is 5.75 Å². The maximum atomic E-state index is 12.8. The molecule has 0 radical (unpaired) electrons. The molecule has 1 aliphatic rings. The number of nitrogens with one attached hydrogen (secondary N) is 2. The van der Waals surface area contributed by atoms with E-state index in [1.54, 1.807) is 36.0 Å². The monoisotopic (exact) mass is 371 g/mol. The summed E-state index contributed by atoms with van der Waals surface area (Å²) in [4.78, 5) is 25.8. The van der Waals surface area contributed by atoms with Crippen molar-refractivity contribution in [2.75, 3.05) is 25.5 Å². The van der Waals surface area contributed by atoms with Crippen LogP contribution >= 0.6 is 0 Å². The van der Waals surface area contributed by atoms with Crippen molar-refractivity contribution in [3.05, 3.63) is 41.7 Å². The number of hydrogen-bond acceptors (Lipinski definition) is 4. The molecule has 1 fully saturated rings. The van der Waals surface area contributed by atoms with Gasteiger partial charge < -0.3 is 20.3 Å². The van der Waals surface area contributed by atoms with Gasteiger partial charge >= 0.3 is 6.03 Å². The quantitative estimate of drug-likeness (QED) is 0.844. The Morgan fingerprint density at radius 3 is 2.67 bits per heavy atom. The van der Waals surface area contributed by atoms with Gasteiger partial charge in [-0.05, 0) is 44.0 Å². The highest BCUT2D eigenvalue weighted by Crippen LogP contribution is 2.33. The van der Waals surface area contributed by atoms with Crippen LogP contribution in [0.2, 0.25) is 0 Å². The largest absolute Gasteiger partial charge is 0.484 e. The predicted molar refractivity (Wildman–Crippen MR) is 102 cm³/mol. The van der Waals surface area contributed by atoms with Gasteiger partial charge in [0, 0.05) is 38.1 Å². The lowest BCUT2D eigenvalue weighted by atomic mass is 10.1. The smallest absolute Gasteiger partial charge is 0.322 e. The Hall–Kier alpha value is -3.03. The second-order valence-corrected chi connectivity index (χ2v) is 6.61. The van der Waals surface area contributed by atoms with E-state index in [4.69, 9.17) is 4.74 Å². The minimum absolute atomic E-state index is 0.0396. The third kappa shape index (κ3) is 4.39. The number of carbonyl (C=O) groups excluding carboxylic acids is 2. The number of urea groups is 1. The van der Waals surface area contributed by atoms with E-state index in [1.807, 2.05) is 25.1 Å². The molecule has 2 heterocycles. The number of ether oxygens (including phenoxy) is 1. The summed E-state index contributed by atoms with van der Waals surface area (Å²) in [6, 6.07) is 6.90. The average Bonchev–Trinajstić information content (AvgIpc) is 3.26. The normalized spacial score (nSPS) is 16.3. The van der Waals surface area contributed by atoms with E-state index < -0.39 is 0 Å². The van der Waals surface area contributed by atoms with Gasteiger partial charge in [0.2, 0.25) is 0 Å². The van der Waals surface area contributed by atoms with Gasteiger partial charge in [0.05, 0.1) is 11.7 Å². The molecule has 1 aliphatic heterocycles. The summed E-state index contributed by atoms with van der Waals surface area (Å²) in [5.41, 5.74) is 2.74. The molecule has 8 nitrogen and oxygen atoms in total. The first-order valence-electron chi connectivity index (χ1n) is 8.99. The zero-order valence-electron chi connectivity index (χ0n) is 15.9. The molecule has 1 unspecified atom stereocenters. The summed E-state index contributed by atoms with van der Waals surface area (Å²) >= 11 is 0. The van der Waals surface area contributed by atoms with E-state index in [0.717, 1.165) is 30.6 Å². The third-order valence-electron chi connectivity index (χ3n) is 4.68. The van der Waals surface area contributed by atoms with Gasteiger partial charge in [-0.2, -0.15) is 5.10 Å². The minimum atomic E-state index is -0.196. The number of nitrogens with zero attached hydrogens (tertiary/aromatic N) is 3. The molecule has 0 aliphatic carbocycles. The average molecular weight is 371 g/mol. The fraction of sp³-hybridized carbons (Fsp3) is 0.421.